The molecule has 1 amide bonds. The van der Waals surface area contributed by atoms with Gasteiger partial charge in [0, 0.05) is 25.6 Å². The van der Waals surface area contributed by atoms with Crippen molar-refractivity contribution in [3.63, 3.8) is 0 Å². The Morgan fingerprint density at radius 2 is 1.81 bits per heavy atom. The number of rotatable bonds is 4. The summed E-state index contributed by atoms with van der Waals surface area (Å²) in [7, 11) is -1.61. The number of hydrogen-bond donors (Lipinski definition) is 0. The van der Waals surface area contributed by atoms with E-state index in [4.69, 9.17) is 4.43 Å². The first kappa shape index (κ1) is 17.0. The molecular formula is C17H33NO2Si. The van der Waals surface area contributed by atoms with Crippen LogP contribution in [0.4, 0.5) is 0 Å². The van der Waals surface area contributed by atoms with Gasteiger partial charge in [-0.25, -0.2) is 0 Å². The van der Waals surface area contributed by atoms with Crippen molar-refractivity contribution in [2.45, 2.75) is 83.5 Å². The smallest absolute Gasteiger partial charge is 0.222 e. The number of hydrogen-bond acceptors (Lipinski definition) is 2. The van der Waals surface area contributed by atoms with E-state index in [0.29, 0.717) is 22.9 Å². The first-order chi connectivity index (χ1) is 9.71. The Labute approximate surface area is 131 Å². The summed E-state index contributed by atoms with van der Waals surface area (Å²) < 4.78 is 6.37. The van der Waals surface area contributed by atoms with Crippen LogP contribution in [0.5, 0.6) is 0 Å². The van der Waals surface area contributed by atoms with E-state index in [0.717, 1.165) is 26.0 Å². The molecule has 1 aliphatic carbocycles. The maximum absolute atomic E-state index is 11.8. The average Bonchev–Trinajstić information content (AvgIpc) is 2.82. The van der Waals surface area contributed by atoms with E-state index in [9.17, 15) is 4.79 Å². The predicted molar refractivity (Wildman–Crippen MR) is 89.8 cm³/mol. The minimum atomic E-state index is -1.61. The van der Waals surface area contributed by atoms with Gasteiger partial charge < -0.3 is 9.33 Å². The van der Waals surface area contributed by atoms with E-state index in [2.05, 4.69) is 38.8 Å². The summed E-state index contributed by atoms with van der Waals surface area (Å²) in [5.74, 6) is 1.09. The molecule has 1 heterocycles. The Morgan fingerprint density at radius 1 is 1.19 bits per heavy atom. The molecule has 122 valence electrons. The standard InChI is InChI=1S/C17H33NO2Si/c1-17(2,3)21(4,5)20-13-14-8-10-15(11-9-14)18-12-6-7-16(18)19/h14-15H,6-13H2,1-5H3/t14-,15+. The van der Waals surface area contributed by atoms with Gasteiger partial charge in [0.2, 0.25) is 5.91 Å². The summed E-state index contributed by atoms with van der Waals surface area (Å²) in [4.78, 5) is 14.0. The lowest BCUT2D eigenvalue weighted by Crippen LogP contribution is -2.43. The fourth-order valence-corrected chi connectivity index (χ4v) is 4.31. The Balaban J connectivity index is 1.76. The summed E-state index contributed by atoms with van der Waals surface area (Å²) in [6.45, 7) is 13.5. The molecule has 0 aromatic heterocycles. The second kappa shape index (κ2) is 6.41. The highest BCUT2D eigenvalue weighted by Crippen LogP contribution is 2.38. The highest BCUT2D eigenvalue weighted by Gasteiger charge is 2.38. The maximum atomic E-state index is 11.8. The average molecular weight is 312 g/mol. The van der Waals surface area contributed by atoms with Gasteiger partial charge in [0.05, 0.1) is 0 Å². The van der Waals surface area contributed by atoms with E-state index in [-0.39, 0.29) is 0 Å². The van der Waals surface area contributed by atoms with Crippen molar-refractivity contribution in [2.75, 3.05) is 13.2 Å². The summed E-state index contributed by atoms with van der Waals surface area (Å²) >= 11 is 0. The van der Waals surface area contributed by atoms with Crippen LogP contribution in [0.15, 0.2) is 0 Å². The molecule has 0 N–H and O–H groups in total. The fourth-order valence-electron chi connectivity index (χ4n) is 3.22. The Kier molecular flexibility index (Phi) is 5.19. The zero-order valence-electron chi connectivity index (χ0n) is 14.6. The largest absolute Gasteiger partial charge is 0.417 e. The molecule has 0 aromatic rings. The molecule has 0 radical (unpaired) electrons. The van der Waals surface area contributed by atoms with Crippen LogP contribution in [0.2, 0.25) is 18.1 Å². The molecular weight excluding hydrogens is 278 g/mol. The van der Waals surface area contributed by atoms with Crippen LogP contribution in [0.1, 0.15) is 59.3 Å². The summed E-state index contributed by atoms with van der Waals surface area (Å²) in [5, 5.41) is 0.298. The van der Waals surface area contributed by atoms with E-state index < -0.39 is 8.32 Å². The molecule has 2 aliphatic rings. The van der Waals surface area contributed by atoms with Crippen LogP contribution in [0.25, 0.3) is 0 Å². The van der Waals surface area contributed by atoms with Crippen molar-refractivity contribution in [3.05, 3.63) is 0 Å². The van der Waals surface area contributed by atoms with Crippen molar-refractivity contribution in [2.24, 2.45) is 5.92 Å². The van der Waals surface area contributed by atoms with Gasteiger partial charge in [-0.15, -0.1) is 0 Å². The monoisotopic (exact) mass is 311 g/mol. The molecule has 0 bridgehead atoms. The van der Waals surface area contributed by atoms with Crippen molar-refractivity contribution in [1.29, 1.82) is 0 Å². The number of nitrogens with zero attached hydrogens (tertiary/aromatic N) is 1. The Bertz CT molecular complexity index is 367. The molecule has 4 heteroatoms. The third kappa shape index (κ3) is 4.10. The van der Waals surface area contributed by atoms with Gasteiger partial charge >= 0.3 is 0 Å². The SMILES string of the molecule is CC(C)(C)[Si](C)(C)OC[C@H]1CC[C@@H](N2CCCC2=O)CC1. The fraction of sp³-hybridized carbons (Fsp3) is 0.941. The second-order valence-corrected chi connectivity index (χ2v) is 13.2. The van der Waals surface area contributed by atoms with E-state index in [1.165, 1.54) is 25.7 Å². The zero-order chi connectivity index (χ0) is 15.7. The third-order valence-corrected chi connectivity index (χ3v) is 10.4. The van der Waals surface area contributed by atoms with Gasteiger partial charge in [-0.3, -0.25) is 4.79 Å². The van der Waals surface area contributed by atoms with Gasteiger partial charge in [0.1, 0.15) is 0 Å². The molecule has 0 atom stereocenters. The molecule has 1 saturated heterocycles. The molecule has 2 rings (SSSR count). The van der Waals surface area contributed by atoms with Crippen LogP contribution in [0.3, 0.4) is 0 Å². The van der Waals surface area contributed by atoms with E-state index >= 15 is 0 Å². The number of carbonyl (C=O) groups excluding carboxylic acids is 1. The molecule has 2 fully saturated rings. The Hall–Kier alpha value is -0.353. The topological polar surface area (TPSA) is 29.5 Å². The molecule has 1 aliphatic heterocycles. The lowest BCUT2D eigenvalue weighted by molar-refractivity contribution is -0.130. The molecule has 0 aromatic carbocycles. The molecule has 0 spiro atoms. The highest BCUT2D eigenvalue weighted by molar-refractivity contribution is 6.74. The number of amides is 1. The lowest BCUT2D eigenvalue weighted by Gasteiger charge is -2.39. The minimum Gasteiger partial charge on any atom is -0.417 e. The third-order valence-electron chi connectivity index (χ3n) is 5.85. The van der Waals surface area contributed by atoms with Crippen molar-refractivity contribution in [1.82, 2.24) is 4.90 Å². The zero-order valence-corrected chi connectivity index (χ0v) is 15.6. The summed E-state index contributed by atoms with van der Waals surface area (Å²) in [6.07, 6.45) is 6.64. The van der Waals surface area contributed by atoms with Gasteiger partial charge in [-0.2, -0.15) is 0 Å². The van der Waals surface area contributed by atoms with Gasteiger partial charge in [-0.1, -0.05) is 20.8 Å². The van der Waals surface area contributed by atoms with E-state index in [1.54, 1.807) is 0 Å². The van der Waals surface area contributed by atoms with Gasteiger partial charge in [0.15, 0.2) is 8.32 Å². The van der Waals surface area contributed by atoms with E-state index in [1.807, 2.05) is 0 Å². The van der Waals surface area contributed by atoms with Crippen LogP contribution < -0.4 is 0 Å². The van der Waals surface area contributed by atoms with Crippen LogP contribution in [-0.4, -0.2) is 38.3 Å². The maximum Gasteiger partial charge on any atom is 0.222 e. The second-order valence-electron chi connectivity index (χ2n) is 8.44. The number of likely N-dealkylation sites (tertiary alicyclic amines) is 1. The summed E-state index contributed by atoms with van der Waals surface area (Å²) in [6, 6.07) is 0.518. The van der Waals surface area contributed by atoms with Crippen molar-refractivity contribution >= 4 is 14.2 Å². The molecule has 3 nitrogen and oxygen atoms in total. The van der Waals surface area contributed by atoms with Crippen LogP contribution >= 0.6 is 0 Å². The van der Waals surface area contributed by atoms with Gasteiger partial charge in [-0.05, 0) is 56.2 Å². The normalized spacial score (nSPS) is 28.2. The molecule has 21 heavy (non-hydrogen) atoms. The van der Waals surface area contributed by atoms with Gasteiger partial charge in [0.25, 0.3) is 0 Å². The quantitative estimate of drug-likeness (QED) is 0.729. The van der Waals surface area contributed by atoms with Crippen LogP contribution in [-0.2, 0) is 9.22 Å². The molecule has 1 saturated carbocycles. The lowest BCUT2D eigenvalue weighted by atomic mass is 9.86. The minimum absolute atomic E-state index is 0.298. The summed E-state index contributed by atoms with van der Waals surface area (Å²) in [5.41, 5.74) is 0. The predicted octanol–water partition coefficient (Wildman–Crippen LogP) is 4.19. The highest BCUT2D eigenvalue weighted by atomic mass is 28.4. The van der Waals surface area contributed by atoms with Crippen molar-refractivity contribution < 1.29 is 9.22 Å². The van der Waals surface area contributed by atoms with Crippen LogP contribution in [0, 0.1) is 5.92 Å². The first-order valence-electron chi connectivity index (χ1n) is 8.64. The van der Waals surface area contributed by atoms with Crippen molar-refractivity contribution in [3.8, 4) is 0 Å². The molecule has 0 unspecified atom stereocenters. The number of carbonyl (C=O) groups is 1. The Morgan fingerprint density at radius 3 is 2.29 bits per heavy atom. The first-order valence-corrected chi connectivity index (χ1v) is 11.5.